The van der Waals surface area contributed by atoms with Gasteiger partial charge in [-0.2, -0.15) is 0 Å². The van der Waals surface area contributed by atoms with E-state index < -0.39 is 5.60 Å². The average Bonchev–Trinajstić information content (AvgIpc) is 2.79. The van der Waals surface area contributed by atoms with Crippen molar-refractivity contribution in [2.45, 2.75) is 65.0 Å². The zero-order valence-corrected chi connectivity index (χ0v) is 14.3. The van der Waals surface area contributed by atoms with Gasteiger partial charge in [0.1, 0.15) is 5.60 Å². The molecule has 1 heterocycles. The average molecular weight is 303 g/mol. The summed E-state index contributed by atoms with van der Waals surface area (Å²) < 4.78 is 5.55. The summed E-state index contributed by atoms with van der Waals surface area (Å²) in [6.45, 7) is 8.82. The minimum atomic E-state index is -0.419. The molecule has 122 valence electrons. The van der Waals surface area contributed by atoms with Crippen molar-refractivity contribution in [3.63, 3.8) is 0 Å². The molecule has 1 aromatic rings. The molecule has 1 aliphatic rings. The number of nitrogens with zero attached hydrogens (tertiary/aromatic N) is 1. The Morgan fingerprint density at radius 1 is 1.27 bits per heavy atom. The first-order valence-electron chi connectivity index (χ1n) is 8.38. The predicted octanol–water partition coefficient (Wildman–Crippen LogP) is 4.65. The van der Waals surface area contributed by atoms with Crippen LogP contribution in [0, 0.1) is 5.92 Å². The third-order valence-corrected chi connectivity index (χ3v) is 4.10. The minimum absolute atomic E-state index is 0.151. The Kier molecular flexibility index (Phi) is 5.49. The van der Waals surface area contributed by atoms with Crippen molar-refractivity contribution in [2.24, 2.45) is 5.92 Å². The topological polar surface area (TPSA) is 29.5 Å². The van der Waals surface area contributed by atoms with Gasteiger partial charge in [-0.25, -0.2) is 4.79 Å². The van der Waals surface area contributed by atoms with E-state index in [9.17, 15) is 4.79 Å². The van der Waals surface area contributed by atoms with Crippen LogP contribution in [0.15, 0.2) is 30.3 Å². The van der Waals surface area contributed by atoms with Gasteiger partial charge in [0.05, 0.1) is 0 Å². The van der Waals surface area contributed by atoms with Gasteiger partial charge in [-0.05, 0) is 57.9 Å². The highest BCUT2D eigenvalue weighted by molar-refractivity contribution is 5.69. The Morgan fingerprint density at radius 2 is 1.95 bits per heavy atom. The number of hydrogen-bond acceptors (Lipinski definition) is 2. The molecule has 0 N–H and O–H groups in total. The summed E-state index contributed by atoms with van der Waals surface area (Å²) in [4.78, 5) is 14.3. The molecule has 1 aliphatic heterocycles. The fourth-order valence-corrected chi connectivity index (χ4v) is 3.16. The number of hydrogen-bond donors (Lipinski definition) is 0. The molecule has 0 unspecified atom stereocenters. The Balaban J connectivity index is 1.86. The molecule has 0 spiro atoms. The van der Waals surface area contributed by atoms with Crippen LogP contribution in [-0.2, 0) is 11.2 Å². The number of carbonyl (C=O) groups excluding carboxylic acids is 1. The van der Waals surface area contributed by atoms with E-state index in [0.29, 0.717) is 12.0 Å². The number of aryl methyl sites for hydroxylation is 1. The highest BCUT2D eigenvalue weighted by Gasteiger charge is 2.35. The maximum Gasteiger partial charge on any atom is 0.410 e. The van der Waals surface area contributed by atoms with Crippen LogP contribution in [-0.4, -0.2) is 29.2 Å². The molecule has 3 heteroatoms. The molecule has 2 rings (SSSR count). The lowest BCUT2D eigenvalue weighted by Gasteiger charge is -2.28. The zero-order valence-electron chi connectivity index (χ0n) is 14.3. The van der Waals surface area contributed by atoms with E-state index in [-0.39, 0.29) is 6.09 Å². The van der Waals surface area contributed by atoms with Gasteiger partial charge in [-0.1, -0.05) is 37.3 Å². The first kappa shape index (κ1) is 16.9. The summed E-state index contributed by atoms with van der Waals surface area (Å²) in [5.74, 6) is 0.564. The summed E-state index contributed by atoms with van der Waals surface area (Å²) in [6.07, 6.45) is 4.18. The molecule has 22 heavy (non-hydrogen) atoms. The van der Waals surface area contributed by atoms with E-state index in [1.54, 1.807) is 0 Å². The molecule has 0 bridgehead atoms. The van der Waals surface area contributed by atoms with Gasteiger partial charge >= 0.3 is 6.09 Å². The van der Waals surface area contributed by atoms with E-state index in [1.807, 2.05) is 31.7 Å². The maximum atomic E-state index is 12.4. The lowest BCUT2D eigenvalue weighted by molar-refractivity contribution is 0.0215. The van der Waals surface area contributed by atoms with Crippen molar-refractivity contribution in [2.75, 3.05) is 6.54 Å². The Hall–Kier alpha value is -1.51. The monoisotopic (exact) mass is 303 g/mol. The molecule has 1 aromatic carbocycles. The van der Waals surface area contributed by atoms with Gasteiger partial charge in [0, 0.05) is 12.6 Å². The second-order valence-electron chi connectivity index (χ2n) is 7.51. The van der Waals surface area contributed by atoms with Gasteiger partial charge in [0.2, 0.25) is 0 Å². The van der Waals surface area contributed by atoms with Crippen molar-refractivity contribution in [1.82, 2.24) is 4.90 Å². The van der Waals surface area contributed by atoms with Gasteiger partial charge in [0.15, 0.2) is 0 Å². The first-order chi connectivity index (χ1) is 10.3. The predicted molar refractivity (Wildman–Crippen MR) is 89.9 cm³/mol. The van der Waals surface area contributed by atoms with Crippen LogP contribution in [0.25, 0.3) is 0 Å². The number of amides is 1. The Bertz CT molecular complexity index is 478. The van der Waals surface area contributed by atoms with Crippen LogP contribution >= 0.6 is 0 Å². The lowest BCUT2D eigenvalue weighted by Crippen LogP contribution is -2.40. The molecule has 3 nitrogen and oxygen atoms in total. The first-order valence-corrected chi connectivity index (χ1v) is 8.38. The van der Waals surface area contributed by atoms with E-state index in [0.717, 1.165) is 32.2 Å². The van der Waals surface area contributed by atoms with Crippen LogP contribution in [0.4, 0.5) is 4.79 Å². The van der Waals surface area contributed by atoms with Crippen LogP contribution in [0.1, 0.15) is 52.5 Å². The summed E-state index contributed by atoms with van der Waals surface area (Å²) in [6, 6.07) is 10.9. The van der Waals surface area contributed by atoms with Gasteiger partial charge in [-0.15, -0.1) is 0 Å². The third-order valence-electron chi connectivity index (χ3n) is 4.10. The minimum Gasteiger partial charge on any atom is -0.444 e. The molecule has 0 saturated carbocycles. The van der Waals surface area contributed by atoms with E-state index in [4.69, 9.17) is 4.74 Å². The van der Waals surface area contributed by atoms with Crippen LogP contribution in [0.5, 0.6) is 0 Å². The maximum absolute atomic E-state index is 12.4. The molecular weight excluding hydrogens is 274 g/mol. The Morgan fingerprint density at radius 3 is 2.59 bits per heavy atom. The summed E-state index contributed by atoms with van der Waals surface area (Å²) in [5.41, 5.74) is 0.953. The largest absolute Gasteiger partial charge is 0.444 e. The SMILES string of the molecule is C[C@H]1C[C@@H](CCCc2ccccc2)N(C(=O)OC(C)(C)C)C1. The standard InChI is InChI=1S/C19H29NO2/c1-15-13-17(12-8-11-16-9-6-5-7-10-16)20(14-15)18(21)22-19(2,3)4/h5-7,9-10,15,17H,8,11-14H2,1-4H3/t15-,17+/m0/s1. The number of ether oxygens (including phenoxy) is 1. The van der Waals surface area contributed by atoms with Gasteiger partial charge < -0.3 is 9.64 Å². The van der Waals surface area contributed by atoms with E-state index in [1.165, 1.54) is 5.56 Å². The molecule has 1 fully saturated rings. The van der Waals surface area contributed by atoms with Gasteiger partial charge in [-0.3, -0.25) is 0 Å². The van der Waals surface area contributed by atoms with Crippen LogP contribution in [0.3, 0.4) is 0 Å². The van der Waals surface area contributed by atoms with Crippen LogP contribution in [0.2, 0.25) is 0 Å². The van der Waals surface area contributed by atoms with Crippen molar-refractivity contribution in [1.29, 1.82) is 0 Å². The van der Waals surface area contributed by atoms with E-state index in [2.05, 4.69) is 31.2 Å². The smallest absolute Gasteiger partial charge is 0.410 e. The highest BCUT2D eigenvalue weighted by Crippen LogP contribution is 2.28. The quantitative estimate of drug-likeness (QED) is 0.810. The molecular formula is C19H29NO2. The van der Waals surface area contributed by atoms with Crippen molar-refractivity contribution in [3.05, 3.63) is 35.9 Å². The Labute approximate surface area is 134 Å². The normalized spacial score (nSPS) is 21.9. The second kappa shape index (κ2) is 7.17. The molecule has 0 aromatic heterocycles. The van der Waals surface area contributed by atoms with Gasteiger partial charge in [0.25, 0.3) is 0 Å². The molecule has 0 aliphatic carbocycles. The summed E-state index contributed by atoms with van der Waals surface area (Å²) >= 11 is 0. The molecule has 2 atom stereocenters. The number of benzene rings is 1. The van der Waals surface area contributed by atoms with Crippen molar-refractivity contribution < 1.29 is 9.53 Å². The number of carbonyl (C=O) groups is 1. The fourth-order valence-electron chi connectivity index (χ4n) is 3.16. The molecule has 0 radical (unpaired) electrons. The molecule has 1 amide bonds. The molecule has 1 saturated heterocycles. The second-order valence-corrected chi connectivity index (χ2v) is 7.51. The third kappa shape index (κ3) is 5.04. The van der Waals surface area contributed by atoms with Crippen LogP contribution < -0.4 is 0 Å². The summed E-state index contributed by atoms with van der Waals surface area (Å²) in [5, 5.41) is 0. The summed E-state index contributed by atoms with van der Waals surface area (Å²) in [7, 11) is 0. The highest BCUT2D eigenvalue weighted by atomic mass is 16.6. The number of rotatable bonds is 4. The zero-order chi connectivity index (χ0) is 16.2. The van der Waals surface area contributed by atoms with E-state index >= 15 is 0 Å². The lowest BCUT2D eigenvalue weighted by atomic mass is 10.0. The number of likely N-dealkylation sites (tertiary alicyclic amines) is 1. The fraction of sp³-hybridized carbons (Fsp3) is 0.632. The van der Waals surface area contributed by atoms with Crippen molar-refractivity contribution in [3.8, 4) is 0 Å². The van der Waals surface area contributed by atoms with Crippen molar-refractivity contribution >= 4 is 6.09 Å².